The molecule has 2 aromatic heterocycles. The molecule has 1 spiro atoms. The summed E-state index contributed by atoms with van der Waals surface area (Å²) in [7, 11) is 2.25. The van der Waals surface area contributed by atoms with Crippen molar-refractivity contribution in [3.05, 3.63) is 46.0 Å². The Morgan fingerprint density at radius 2 is 1.91 bits per heavy atom. The first-order chi connectivity index (χ1) is 15.0. The molecule has 3 heterocycles. The number of hydrogen-bond acceptors (Lipinski definition) is 5. The highest BCUT2D eigenvalue weighted by Crippen LogP contribution is 2.51. The van der Waals surface area contributed by atoms with Gasteiger partial charge in [-0.2, -0.15) is 13.2 Å². The normalized spacial score (nSPS) is 18.2. The number of alkyl halides is 3. The Morgan fingerprint density at radius 3 is 2.38 bits per heavy atom. The van der Waals surface area contributed by atoms with Crippen molar-refractivity contribution in [3.63, 3.8) is 0 Å². The van der Waals surface area contributed by atoms with Crippen LogP contribution in [0, 0.1) is 12.3 Å². The number of hydrogen-bond donors (Lipinski definition) is 1. The van der Waals surface area contributed by atoms with Crippen LogP contribution in [0.5, 0.6) is 0 Å². The minimum atomic E-state index is -5.08. The third-order valence-electron chi connectivity index (χ3n) is 6.39. The molecule has 0 atom stereocenters. The van der Waals surface area contributed by atoms with Crippen LogP contribution in [0.3, 0.4) is 0 Å². The first-order valence-corrected chi connectivity index (χ1v) is 11.2. The molecular weight excluding hydrogens is 445 g/mol. The van der Waals surface area contributed by atoms with Gasteiger partial charge < -0.3 is 14.4 Å². The van der Waals surface area contributed by atoms with E-state index in [0.29, 0.717) is 11.5 Å². The van der Waals surface area contributed by atoms with Crippen LogP contribution in [0.2, 0.25) is 0 Å². The number of halogens is 3. The fourth-order valence-electron chi connectivity index (χ4n) is 4.40. The zero-order valence-electron chi connectivity index (χ0n) is 18.0. The predicted molar refractivity (Wildman–Crippen MR) is 114 cm³/mol. The number of rotatable bonds is 4. The van der Waals surface area contributed by atoms with E-state index in [1.165, 1.54) is 17.7 Å². The average Bonchev–Trinajstić information content (AvgIpc) is 3.37. The Morgan fingerprint density at radius 1 is 1.28 bits per heavy atom. The summed E-state index contributed by atoms with van der Waals surface area (Å²) in [6, 6.07) is 6.84. The van der Waals surface area contributed by atoms with E-state index < -0.39 is 12.1 Å². The summed E-state index contributed by atoms with van der Waals surface area (Å²) in [6.07, 6.45) is 1.36. The monoisotopic (exact) mass is 472 g/mol. The number of furan rings is 1. The maximum atomic E-state index is 12.6. The minimum Gasteiger partial charge on any atom is -0.475 e. The number of aryl methyl sites for hydroxylation is 1. The molecule has 1 N–H and O–H groups in total. The van der Waals surface area contributed by atoms with Gasteiger partial charge in [-0.15, -0.1) is 11.3 Å². The van der Waals surface area contributed by atoms with Gasteiger partial charge in [-0.05, 0) is 62.6 Å². The molecule has 2 aliphatic rings. The lowest BCUT2D eigenvalue weighted by atomic mass is 9.60. The quantitative estimate of drug-likeness (QED) is 0.692. The molecule has 0 unspecified atom stereocenters. The van der Waals surface area contributed by atoms with Gasteiger partial charge in [0.05, 0.1) is 11.8 Å². The molecule has 0 bridgehead atoms. The molecule has 1 saturated carbocycles. The van der Waals surface area contributed by atoms with Crippen molar-refractivity contribution in [2.24, 2.45) is 5.41 Å². The maximum absolute atomic E-state index is 12.6. The number of carbonyl (C=O) groups is 2. The van der Waals surface area contributed by atoms with Crippen molar-refractivity contribution < 1.29 is 32.3 Å². The molecule has 176 valence electrons. The van der Waals surface area contributed by atoms with Gasteiger partial charge in [-0.3, -0.25) is 9.69 Å². The van der Waals surface area contributed by atoms with Crippen LogP contribution in [-0.2, 0) is 11.3 Å². The van der Waals surface area contributed by atoms with Crippen molar-refractivity contribution in [3.8, 4) is 0 Å². The molecule has 10 heteroatoms. The zero-order valence-corrected chi connectivity index (χ0v) is 18.8. The molecule has 2 fully saturated rings. The van der Waals surface area contributed by atoms with E-state index in [9.17, 15) is 18.0 Å². The van der Waals surface area contributed by atoms with Gasteiger partial charge in [0, 0.05) is 30.6 Å². The van der Waals surface area contributed by atoms with E-state index in [4.69, 9.17) is 14.3 Å². The number of carbonyl (C=O) groups excluding carboxylic acids is 1. The van der Waals surface area contributed by atoms with Crippen LogP contribution in [0.15, 0.2) is 34.3 Å². The molecule has 2 aromatic rings. The smallest absolute Gasteiger partial charge is 0.475 e. The fourth-order valence-corrected chi connectivity index (χ4v) is 5.17. The third-order valence-corrected chi connectivity index (χ3v) is 7.25. The fraction of sp³-hybridized carbons (Fsp3) is 0.545. The standard InChI is InChI=1S/C20H26N2O2S.C2HF3O2/c1-15-18(5-10-24-15)19(23)22-8-6-20(7-9-22)12-16(13-20)21(2)14-17-4-3-11-25-17;3-2(4,5)1(6)7/h3-5,10-11,16H,6-9,12-14H2,1-2H3;(H,6,7). The van der Waals surface area contributed by atoms with Gasteiger partial charge in [0.25, 0.3) is 5.91 Å². The van der Waals surface area contributed by atoms with Crippen LogP contribution < -0.4 is 0 Å². The zero-order chi connectivity index (χ0) is 23.5. The van der Waals surface area contributed by atoms with Gasteiger partial charge in [0.2, 0.25) is 0 Å². The second-order valence-corrected chi connectivity index (χ2v) is 9.57. The molecule has 1 aliphatic carbocycles. The van der Waals surface area contributed by atoms with Crippen LogP contribution in [0.25, 0.3) is 0 Å². The van der Waals surface area contributed by atoms with E-state index in [-0.39, 0.29) is 5.91 Å². The van der Waals surface area contributed by atoms with Gasteiger partial charge in [0.15, 0.2) is 0 Å². The second-order valence-electron chi connectivity index (χ2n) is 8.54. The summed E-state index contributed by atoms with van der Waals surface area (Å²) < 4.78 is 37.0. The molecule has 1 saturated heterocycles. The summed E-state index contributed by atoms with van der Waals surface area (Å²) in [5, 5.41) is 9.28. The highest BCUT2D eigenvalue weighted by molar-refractivity contribution is 7.09. The number of carboxylic acid groups (broad SMARTS) is 1. The highest BCUT2D eigenvalue weighted by atomic mass is 32.1. The van der Waals surface area contributed by atoms with Crippen LogP contribution in [0.1, 0.15) is 46.7 Å². The summed E-state index contributed by atoms with van der Waals surface area (Å²) in [4.78, 5) is 27.5. The number of carboxylic acids is 1. The highest BCUT2D eigenvalue weighted by Gasteiger charge is 2.47. The lowest BCUT2D eigenvalue weighted by Gasteiger charge is -2.54. The Labute approximate surface area is 188 Å². The lowest BCUT2D eigenvalue weighted by Crippen LogP contribution is -2.54. The summed E-state index contributed by atoms with van der Waals surface area (Å²) in [5.41, 5.74) is 1.19. The Balaban J connectivity index is 0.000000360. The minimum absolute atomic E-state index is 0.131. The number of aliphatic carboxylic acids is 1. The lowest BCUT2D eigenvalue weighted by molar-refractivity contribution is -0.192. The second kappa shape index (κ2) is 9.66. The summed E-state index contributed by atoms with van der Waals surface area (Å²) >= 11 is 1.84. The molecule has 32 heavy (non-hydrogen) atoms. The SMILES string of the molecule is Cc1occc1C(=O)N1CCC2(CC1)CC(N(C)Cc1cccs1)C2.O=C(O)C(F)(F)F. The number of thiophene rings is 1. The number of nitrogens with zero attached hydrogens (tertiary/aromatic N) is 2. The first-order valence-electron chi connectivity index (χ1n) is 10.4. The predicted octanol–water partition coefficient (Wildman–Crippen LogP) is 4.80. The van der Waals surface area contributed by atoms with Crippen molar-refractivity contribution in [2.45, 2.75) is 51.4 Å². The molecule has 6 nitrogen and oxygen atoms in total. The van der Waals surface area contributed by atoms with Crippen molar-refractivity contribution in [2.75, 3.05) is 20.1 Å². The molecule has 0 radical (unpaired) electrons. The largest absolute Gasteiger partial charge is 0.490 e. The van der Waals surface area contributed by atoms with Gasteiger partial charge in [0.1, 0.15) is 5.76 Å². The number of amides is 1. The molecule has 0 aromatic carbocycles. The van der Waals surface area contributed by atoms with E-state index in [0.717, 1.165) is 43.8 Å². The molecular formula is C22H27F3N2O4S. The average molecular weight is 473 g/mol. The van der Waals surface area contributed by atoms with Crippen LogP contribution in [0.4, 0.5) is 13.2 Å². The van der Waals surface area contributed by atoms with E-state index >= 15 is 0 Å². The van der Waals surface area contributed by atoms with Crippen molar-refractivity contribution >= 4 is 23.2 Å². The van der Waals surface area contributed by atoms with Crippen LogP contribution in [-0.4, -0.2) is 59.1 Å². The first kappa shape index (κ1) is 24.3. The molecule has 1 amide bonds. The van der Waals surface area contributed by atoms with Crippen molar-refractivity contribution in [1.29, 1.82) is 0 Å². The van der Waals surface area contributed by atoms with Gasteiger partial charge in [-0.1, -0.05) is 6.07 Å². The topological polar surface area (TPSA) is 74.0 Å². The van der Waals surface area contributed by atoms with Gasteiger partial charge in [-0.25, -0.2) is 4.79 Å². The summed E-state index contributed by atoms with van der Waals surface area (Å²) in [6.45, 7) is 4.68. The van der Waals surface area contributed by atoms with E-state index in [1.807, 2.05) is 23.2 Å². The van der Waals surface area contributed by atoms with E-state index in [1.54, 1.807) is 12.3 Å². The van der Waals surface area contributed by atoms with Crippen molar-refractivity contribution in [1.82, 2.24) is 9.80 Å². The molecule has 1 aliphatic heterocycles. The summed E-state index contributed by atoms with van der Waals surface area (Å²) in [5.74, 6) is -1.90. The number of piperidine rings is 1. The molecule has 4 rings (SSSR count). The van der Waals surface area contributed by atoms with Crippen LogP contribution >= 0.6 is 11.3 Å². The maximum Gasteiger partial charge on any atom is 0.490 e. The Kier molecular flexibility index (Phi) is 7.34. The Hall–Kier alpha value is -2.33. The van der Waals surface area contributed by atoms with Gasteiger partial charge >= 0.3 is 12.1 Å². The van der Waals surface area contributed by atoms with E-state index in [2.05, 4.69) is 29.5 Å². The number of likely N-dealkylation sites (tertiary alicyclic amines) is 1. The third kappa shape index (κ3) is 5.72. The Bertz CT molecular complexity index is 910.